The van der Waals surface area contributed by atoms with E-state index in [1.165, 1.54) is 25.7 Å². The molecule has 0 aromatic heterocycles. The summed E-state index contributed by atoms with van der Waals surface area (Å²) in [4.78, 5) is 9.75. The summed E-state index contributed by atoms with van der Waals surface area (Å²) < 4.78 is 0. The van der Waals surface area contributed by atoms with Gasteiger partial charge in [0.1, 0.15) is 6.10 Å². The van der Waals surface area contributed by atoms with Gasteiger partial charge in [0.15, 0.2) is 0 Å². The lowest BCUT2D eigenvalue weighted by molar-refractivity contribution is -0.325. The normalized spacial score (nSPS) is 13.2. The van der Waals surface area contributed by atoms with Gasteiger partial charge in [-0.1, -0.05) is 32.6 Å². The Hall–Kier alpha value is -0.120. The molecule has 1 unspecified atom stereocenters. The van der Waals surface area contributed by atoms with Gasteiger partial charge in [-0.3, -0.25) is 0 Å². The van der Waals surface area contributed by atoms with Crippen LogP contribution in [0.1, 0.15) is 46.0 Å². The number of rotatable bonds is 9. The molecule has 0 rings (SSSR count). The molecule has 0 aromatic rings. The second-order valence-corrected chi connectivity index (χ2v) is 3.33. The maximum Gasteiger partial charge on any atom is 0.113 e. The first kappa shape index (κ1) is 12.9. The highest BCUT2D eigenvalue weighted by atomic mass is 17.2. The molecule has 80 valence electrons. The van der Waals surface area contributed by atoms with Crippen LogP contribution in [0.15, 0.2) is 0 Å². The van der Waals surface area contributed by atoms with Gasteiger partial charge in [0, 0.05) is 0 Å². The largest absolute Gasteiger partial charge is 0.394 e. The van der Waals surface area contributed by atoms with Crippen LogP contribution in [-0.2, 0) is 9.78 Å². The molecule has 0 aliphatic carbocycles. The Bertz CT molecular complexity index is 96.2. The summed E-state index contributed by atoms with van der Waals surface area (Å²) in [5, 5.41) is 8.60. The lowest BCUT2D eigenvalue weighted by Gasteiger charge is -2.08. The van der Waals surface area contributed by atoms with E-state index in [9.17, 15) is 0 Å². The third kappa shape index (κ3) is 9.80. The summed E-state index contributed by atoms with van der Waals surface area (Å²) in [6.07, 6.45) is 5.86. The van der Waals surface area contributed by atoms with E-state index < -0.39 is 0 Å². The van der Waals surface area contributed by atoms with Crippen LogP contribution in [0.25, 0.3) is 0 Å². The highest BCUT2D eigenvalue weighted by Gasteiger charge is 1.99. The van der Waals surface area contributed by atoms with Crippen molar-refractivity contribution in [2.24, 2.45) is 0 Å². The van der Waals surface area contributed by atoms with Gasteiger partial charge < -0.3 is 5.11 Å². The fourth-order valence-corrected chi connectivity index (χ4v) is 0.959. The third-order valence-electron chi connectivity index (χ3n) is 1.82. The standard InChI is InChI=1S/C10H22O3/c1-3-4-5-6-7-8-12-13-10(2)9-11/h10-11H,3-9H2,1-2H3. The van der Waals surface area contributed by atoms with Crippen LogP contribution < -0.4 is 0 Å². The minimum absolute atomic E-state index is 0.00976. The Balaban J connectivity index is 2.91. The van der Waals surface area contributed by atoms with Crippen molar-refractivity contribution >= 4 is 0 Å². The summed E-state index contributed by atoms with van der Waals surface area (Å²) in [5.74, 6) is 0. The Labute approximate surface area is 81.0 Å². The quantitative estimate of drug-likeness (QED) is 0.344. The third-order valence-corrected chi connectivity index (χ3v) is 1.82. The number of aliphatic hydroxyl groups excluding tert-OH is 1. The van der Waals surface area contributed by atoms with Gasteiger partial charge >= 0.3 is 0 Å². The number of hydrogen-bond donors (Lipinski definition) is 1. The SMILES string of the molecule is CCCCCCCOOC(C)CO. The molecule has 13 heavy (non-hydrogen) atoms. The van der Waals surface area contributed by atoms with Crippen LogP contribution in [0, 0.1) is 0 Å². The molecule has 0 fully saturated rings. The van der Waals surface area contributed by atoms with E-state index in [1.54, 1.807) is 6.92 Å². The van der Waals surface area contributed by atoms with Gasteiger partial charge in [-0.2, -0.15) is 0 Å². The summed E-state index contributed by atoms with van der Waals surface area (Å²) in [5.41, 5.74) is 0. The minimum atomic E-state index is -0.212. The van der Waals surface area contributed by atoms with Crippen LogP contribution in [0.4, 0.5) is 0 Å². The Morgan fingerprint density at radius 1 is 1.15 bits per heavy atom. The molecule has 3 nitrogen and oxygen atoms in total. The summed E-state index contributed by atoms with van der Waals surface area (Å²) >= 11 is 0. The maximum absolute atomic E-state index is 8.60. The van der Waals surface area contributed by atoms with E-state index >= 15 is 0 Å². The van der Waals surface area contributed by atoms with E-state index in [4.69, 9.17) is 14.9 Å². The minimum Gasteiger partial charge on any atom is -0.394 e. The van der Waals surface area contributed by atoms with Crippen molar-refractivity contribution in [3.8, 4) is 0 Å². The molecule has 0 saturated carbocycles. The maximum atomic E-state index is 8.60. The van der Waals surface area contributed by atoms with Crippen LogP contribution in [-0.4, -0.2) is 24.4 Å². The average molecular weight is 190 g/mol. The van der Waals surface area contributed by atoms with Crippen LogP contribution in [0.2, 0.25) is 0 Å². The molecule has 3 heteroatoms. The topological polar surface area (TPSA) is 38.7 Å². The Morgan fingerprint density at radius 2 is 1.85 bits per heavy atom. The molecule has 0 aromatic carbocycles. The smallest absolute Gasteiger partial charge is 0.113 e. The van der Waals surface area contributed by atoms with E-state index in [1.807, 2.05) is 0 Å². The summed E-state index contributed by atoms with van der Waals surface area (Å²) in [7, 11) is 0. The van der Waals surface area contributed by atoms with Gasteiger partial charge in [0.2, 0.25) is 0 Å². The molecular weight excluding hydrogens is 168 g/mol. The first-order valence-electron chi connectivity index (χ1n) is 5.20. The van der Waals surface area contributed by atoms with E-state index in [2.05, 4.69) is 6.92 Å². The van der Waals surface area contributed by atoms with Crippen molar-refractivity contribution in [2.75, 3.05) is 13.2 Å². The average Bonchev–Trinajstić information content (AvgIpc) is 2.16. The Morgan fingerprint density at radius 3 is 2.46 bits per heavy atom. The zero-order chi connectivity index (χ0) is 9.94. The fraction of sp³-hybridized carbons (Fsp3) is 1.00. The molecule has 0 aliphatic rings. The highest BCUT2D eigenvalue weighted by molar-refractivity contribution is 4.41. The molecule has 0 heterocycles. The predicted molar refractivity (Wildman–Crippen MR) is 52.3 cm³/mol. The van der Waals surface area contributed by atoms with Gasteiger partial charge in [0.05, 0.1) is 13.2 Å². The van der Waals surface area contributed by atoms with Gasteiger partial charge in [-0.05, 0) is 13.3 Å². The molecular formula is C10H22O3. The van der Waals surface area contributed by atoms with Gasteiger partial charge in [-0.15, -0.1) is 0 Å². The van der Waals surface area contributed by atoms with E-state index in [0.717, 1.165) is 6.42 Å². The van der Waals surface area contributed by atoms with Crippen molar-refractivity contribution < 1.29 is 14.9 Å². The van der Waals surface area contributed by atoms with Crippen LogP contribution >= 0.6 is 0 Å². The second-order valence-electron chi connectivity index (χ2n) is 3.33. The lowest BCUT2D eigenvalue weighted by atomic mass is 10.2. The monoisotopic (exact) mass is 190 g/mol. The summed E-state index contributed by atoms with van der Waals surface area (Å²) in [6, 6.07) is 0. The number of aliphatic hydroxyl groups is 1. The zero-order valence-corrected chi connectivity index (χ0v) is 8.79. The molecule has 0 aliphatic heterocycles. The molecule has 1 atom stereocenters. The van der Waals surface area contributed by atoms with Crippen molar-refractivity contribution in [1.29, 1.82) is 0 Å². The van der Waals surface area contributed by atoms with Crippen molar-refractivity contribution in [3.63, 3.8) is 0 Å². The molecule has 0 radical (unpaired) electrons. The zero-order valence-electron chi connectivity index (χ0n) is 8.79. The fourth-order valence-electron chi connectivity index (χ4n) is 0.959. The van der Waals surface area contributed by atoms with Crippen molar-refractivity contribution in [2.45, 2.75) is 52.1 Å². The van der Waals surface area contributed by atoms with E-state index in [0.29, 0.717) is 6.61 Å². The molecule has 0 bridgehead atoms. The summed E-state index contributed by atoms with van der Waals surface area (Å²) in [6.45, 7) is 4.61. The second kappa shape index (κ2) is 9.96. The molecule has 0 amide bonds. The predicted octanol–water partition coefficient (Wildman–Crippen LogP) is 2.29. The van der Waals surface area contributed by atoms with Crippen molar-refractivity contribution in [3.05, 3.63) is 0 Å². The first-order chi connectivity index (χ1) is 6.31. The number of hydrogen-bond acceptors (Lipinski definition) is 3. The number of unbranched alkanes of at least 4 members (excludes halogenated alkanes) is 4. The molecule has 1 N–H and O–H groups in total. The Kier molecular flexibility index (Phi) is 9.87. The van der Waals surface area contributed by atoms with Crippen LogP contribution in [0.3, 0.4) is 0 Å². The van der Waals surface area contributed by atoms with Gasteiger partial charge in [0.25, 0.3) is 0 Å². The van der Waals surface area contributed by atoms with Crippen molar-refractivity contribution in [1.82, 2.24) is 0 Å². The van der Waals surface area contributed by atoms with Gasteiger partial charge in [-0.25, -0.2) is 9.78 Å². The van der Waals surface area contributed by atoms with E-state index in [-0.39, 0.29) is 12.7 Å². The molecule has 0 saturated heterocycles. The van der Waals surface area contributed by atoms with Crippen LogP contribution in [0.5, 0.6) is 0 Å². The highest BCUT2D eigenvalue weighted by Crippen LogP contribution is 2.02. The first-order valence-corrected chi connectivity index (χ1v) is 5.20. The lowest BCUT2D eigenvalue weighted by Crippen LogP contribution is -2.13. The molecule has 0 spiro atoms.